The van der Waals surface area contributed by atoms with Crippen LogP contribution in [-0.2, 0) is 4.74 Å². The van der Waals surface area contributed by atoms with Gasteiger partial charge in [-0.15, -0.1) is 0 Å². The van der Waals surface area contributed by atoms with Crippen molar-refractivity contribution in [3.05, 3.63) is 53.7 Å². The van der Waals surface area contributed by atoms with E-state index < -0.39 is 0 Å². The summed E-state index contributed by atoms with van der Waals surface area (Å²) in [5, 5.41) is 0. The van der Waals surface area contributed by atoms with Crippen molar-refractivity contribution in [2.75, 3.05) is 18.0 Å². The normalized spacial score (nSPS) is 24.7. The van der Waals surface area contributed by atoms with Crippen molar-refractivity contribution in [2.24, 2.45) is 0 Å². The van der Waals surface area contributed by atoms with Crippen LogP contribution in [-0.4, -0.2) is 29.2 Å². The summed E-state index contributed by atoms with van der Waals surface area (Å²) in [6, 6.07) is 8.53. The molecule has 4 nitrogen and oxygen atoms in total. The smallest absolute Gasteiger partial charge is 0.133 e. The van der Waals surface area contributed by atoms with E-state index in [0.29, 0.717) is 5.92 Å². The number of ether oxygens (including phenoxy) is 1. The Kier molecular flexibility index (Phi) is 3.73. The highest BCUT2D eigenvalue weighted by molar-refractivity contribution is 5.40. The fraction of sp³-hybridized carbons (Fsp3) is 0.444. The maximum atomic E-state index is 13.1. The highest BCUT2D eigenvalue weighted by Gasteiger charge is 2.30. The molecule has 120 valence electrons. The molecule has 23 heavy (non-hydrogen) atoms. The molecule has 1 saturated heterocycles. The highest BCUT2D eigenvalue weighted by atomic mass is 19.1. The summed E-state index contributed by atoms with van der Waals surface area (Å²) in [6.45, 7) is 3.58. The minimum Gasteiger partial charge on any atom is -0.367 e. The van der Waals surface area contributed by atoms with Crippen molar-refractivity contribution >= 4 is 5.82 Å². The predicted molar refractivity (Wildman–Crippen MR) is 85.9 cm³/mol. The van der Waals surface area contributed by atoms with Crippen LogP contribution in [0, 0.1) is 5.82 Å². The van der Waals surface area contributed by atoms with Crippen molar-refractivity contribution in [2.45, 2.75) is 37.9 Å². The maximum absolute atomic E-state index is 13.1. The third-order valence-electron chi connectivity index (χ3n) is 4.43. The first-order valence-electron chi connectivity index (χ1n) is 8.18. The highest BCUT2D eigenvalue weighted by Crippen LogP contribution is 2.38. The SMILES string of the molecule is CC1CN(c2ccnc(C3CC3)n2)CC(c2ccc(F)cc2)O1. The van der Waals surface area contributed by atoms with Gasteiger partial charge in [-0.2, -0.15) is 0 Å². The van der Waals surface area contributed by atoms with Crippen molar-refractivity contribution in [1.29, 1.82) is 0 Å². The molecule has 1 aromatic carbocycles. The summed E-state index contributed by atoms with van der Waals surface area (Å²) in [5.74, 6) is 2.24. The van der Waals surface area contributed by atoms with Crippen LogP contribution in [0.2, 0.25) is 0 Å². The van der Waals surface area contributed by atoms with E-state index in [4.69, 9.17) is 9.72 Å². The molecule has 0 amide bonds. The lowest BCUT2D eigenvalue weighted by Gasteiger charge is -2.37. The van der Waals surface area contributed by atoms with Gasteiger partial charge in [-0.3, -0.25) is 0 Å². The number of rotatable bonds is 3. The molecule has 0 spiro atoms. The molecule has 0 N–H and O–H groups in total. The fourth-order valence-corrected chi connectivity index (χ4v) is 3.08. The van der Waals surface area contributed by atoms with Gasteiger partial charge in [0.25, 0.3) is 0 Å². The quantitative estimate of drug-likeness (QED) is 0.870. The molecule has 2 unspecified atom stereocenters. The molecule has 1 saturated carbocycles. The van der Waals surface area contributed by atoms with Crippen LogP contribution in [0.15, 0.2) is 36.5 Å². The predicted octanol–water partition coefficient (Wildman–Crippen LogP) is 3.46. The zero-order valence-corrected chi connectivity index (χ0v) is 13.2. The first kappa shape index (κ1) is 14.6. The van der Waals surface area contributed by atoms with E-state index in [1.807, 2.05) is 12.3 Å². The van der Waals surface area contributed by atoms with Gasteiger partial charge >= 0.3 is 0 Å². The molecular formula is C18H20FN3O. The average Bonchev–Trinajstić information content (AvgIpc) is 3.40. The van der Waals surface area contributed by atoms with E-state index in [0.717, 1.165) is 30.3 Å². The monoisotopic (exact) mass is 313 g/mol. The Balaban J connectivity index is 1.56. The first-order chi connectivity index (χ1) is 11.2. The van der Waals surface area contributed by atoms with Gasteiger partial charge in [-0.05, 0) is 43.5 Å². The first-order valence-corrected chi connectivity index (χ1v) is 8.18. The molecule has 1 aliphatic carbocycles. The molecule has 2 heterocycles. The van der Waals surface area contributed by atoms with Gasteiger partial charge < -0.3 is 9.64 Å². The molecule has 1 aromatic heterocycles. The number of morpholine rings is 1. The zero-order valence-electron chi connectivity index (χ0n) is 13.2. The summed E-state index contributed by atoms with van der Waals surface area (Å²) in [6.07, 6.45) is 4.27. The van der Waals surface area contributed by atoms with Crippen LogP contribution in [0.25, 0.3) is 0 Å². The Bertz CT molecular complexity index is 687. The van der Waals surface area contributed by atoms with Gasteiger partial charge in [0.1, 0.15) is 23.6 Å². The summed E-state index contributed by atoms with van der Waals surface area (Å²) >= 11 is 0. The van der Waals surface area contributed by atoms with Gasteiger partial charge in [0.15, 0.2) is 0 Å². The molecule has 2 aromatic rings. The van der Waals surface area contributed by atoms with Crippen LogP contribution < -0.4 is 4.90 Å². The lowest BCUT2D eigenvalue weighted by Crippen LogP contribution is -2.43. The molecule has 1 aliphatic heterocycles. The van der Waals surface area contributed by atoms with Crippen molar-refractivity contribution in [1.82, 2.24) is 9.97 Å². The van der Waals surface area contributed by atoms with E-state index in [9.17, 15) is 4.39 Å². The van der Waals surface area contributed by atoms with Gasteiger partial charge in [-0.1, -0.05) is 12.1 Å². The summed E-state index contributed by atoms with van der Waals surface area (Å²) in [5.41, 5.74) is 0.999. The third kappa shape index (κ3) is 3.20. The van der Waals surface area contributed by atoms with Crippen molar-refractivity contribution < 1.29 is 9.13 Å². The number of benzene rings is 1. The summed E-state index contributed by atoms with van der Waals surface area (Å²) < 4.78 is 19.2. The third-order valence-corrected chi connectivity index (χ3v) is 4.43. The number of halogens is 1. The molecule has 0 bridgehead atoms. The van der Waals surface area contributed by atoms with E-state index in [1.165, 1.54) is 25.0 Å². The number of hydrogen-bond donors (Lipinski definition) is 0. The minimum absolute atomic E-state index is 0.0707. The lowest BCUT2D eigenvalue weighted by atomic mass is 10.1. The maximum Gasteiger partial charge on any atom is 0.133 e. The Hall–Kier alpha value is -2.01. The van der Waals surface area contributed by atoms with E-state index >= 15 is 0 Å². The molecule has 0 radical (unpaired) electrons. The molecule has 2 fully saturated rings. The van der Waals surface area contributed by atoms with Crippen molar-refractivity contribution in [3.8, 4) is 0 Å². The summed E-state index contributed by atoms with van der Waals surface area (Å²) in [7, 11) is 0. The largest absolute Gasteiger partial charge is 0.367 e. The van der Waals surface area contributed by atoms with Crippen LogP contribution >= 0.6 is 0 Å². The molecule has 2 atom stereocenters. The van der Waals surface area contributed by atoms with Crippen LogP contribution in [0.1, 0.15) is 43.2 Å². The Morgan fingerprint density at radius 2 is 1.91 bits per heavy atom. The Labute approximate surface area is 135 Å². The Morgan fingerprint density at radius 1 is 1.13 bits per heavy atom. The van der Waals surface area contributed by atoms with Crippen molar-refractivity contribution in [3.63, 3.8) is 0 Å². The lowest BCUT2D eigenvalue weighted by molar-refractivity contribution is -0.0176. The average molecular weight is 313 g/mol. The second-order valence-electron chi connectivity index (χ2n) is 6.44. The van der Waals surface area contributed by atoms with E-state index in [1.54, 1.807) is 12.1 Å². The van der Waals surface area contributed by atoms with E-state index in [2.05, 4.69) is 16.8 Å². The number of anilines is 1. The number of nitrogens with zero attached hydrogens (tertiary/aromatic N) is 3. The van der Waals surface area contributed by atoms with Crippen LogP contribution in [0.5, 0.6) is 0 Å². The minimum atomic E-state index is -0.223. The standard InChI is InChI=1S/C18H20FN3O/c1-12-10-22(17-8-9-20-18(21-17)14-2-3-14)11-16(23-12)13-4-6-15(19)7-5-13/h4-9,12,14,16H,2-3,10-11H2,1H3. The fourth-order valence-electron chi connectivity index (χ4n) is 3.08. The van der Waals surface area contributed by atoms with Gasteiger partial charge in [-0.25, -0.2) is 14.4 Å². The second-order valence-corrected chi connectivity index (χ2v) is 6.44. The molecule has 5 heteroatoms. The number of hydrogen-bond acceptors (Lipinski definition) is 4. The van der Waals surface area contributed by atoms with Gasteiger partial charge in [0.05, 0.1) is 6.10 Å². The number of aromatic nitrogens is 2. The Morgan fingerprint density at radius 3 is 2.65 bits per heavy atom. The van der Waals surface area contributed by atoms with E-state index in [-0.39, 0.29) is 18.0 Å². The zero-order chi connectivity index (χ0) is 15.8. The van der Waals surface area contributed by atoms with Gasteiger partial charge in [0, 0.05) is 25.2 Å². The summed E-state index contributed by atoms with van der Waals surface area (Å²) in [4.78, 5) is 11.4. The van der Waals surface area contributed by atoms with Gasteiger partial charge in [0.2, 0.25) is 0 Å². The molecular weight excluding hydrogens is 293 g/mol. The molecule has 2 aliphatic rings. The topological polar surface area (TPSA) is 38.2 Å². The second kappa shape index (κ2) is 5.89. The van der Waals surface area contributed by atoms with Crippen LogP contribution in [0.3, 0.4) is 0 Å². The molecule has 4 rings (SSSR count). The van der Waals surface area contributed by atoms with Crippen LogP contribution in [0.4, 0.5) is 10.2 Å².